The second kappa shape index (κ2) is 4.48. The van der Waals surface area contributed by atoms with E-state index in [9.17, 15) is 0 Å². The third-order valence-electron chi connectivity index (χ3n) is 3.20. The van der Waals surface area contributed by atoms with E-state index in [2.05, 4.69) is 26.9 Å². The molecule has 4 heteroatoms. The number of nitrogen functional groups attached to an aromatic ring is 1. The first-order valence-electron chi connectivity index (χ1n) is 5.71. The Balaban J connectivity index is 1.96. The third kappa shape index (κ3) is 2.08. The van der Waals surface area contributed by atoms with Crippen LogP contribution in [0.3, 0.4) is 0 Å². The number of halogens is 2. The van der Waals surface area contributed by atoms with Gasteiger partial charge in [-0.3, -0.25) is 0 Å². The highest BCUT2D eigenvalue weighted by Gasteiger charge is 2.20. The summed E-state index contributed by atoms with van der Waals surface area (Å²) in [6.45, 7) is 1.77. The molecule has 2 nitrogen and oxygen atoms in total. The lowest BCUT2D eigenvalue weighted by atomic mass is 10.1. The van der Waals surface area contributed by atoms with Gasteiger partial charge in [-0.25, -0.2) is 0 Å². The fourth-order valence-electron chi connectivity index (χ4n) is 2.31. The molecule has 2 N–H and O–H groups in total. The van der Waals surface area contributed by atoms with Crippen LogP contribution in [-0.4, -0.2) is 0 Å². The molecule has 2 aromatic rings. The Bertz CT molecular complexity index is 613. The Morgan fingerprint density at radius 2 is 1.83 bits per heavy atom. The van der Waals surface area contributed by atoms with Crippen molar-refractivity contribution in [1.82, 2.24) is 0 Å². The van der Waals surface area contributed by atoms with E-state index in [0.717, 1.165) is 34.0 Å². The first-order valence-corrected chi connectivity index (χ1v) is 6.88. The lowest BCUT2D eigenvalue weighted by Gasteiger charge is -2.19. The van der Waals surface area contributed by atoms with Crippen molar-refractivity contribution in [2.24, 2.45) is 0 Å². The minimum atomic E-state index is 0.753. The Morgan fingerprint density at radius 3 is 2.67 bits per heavy atom. The van der Waals surface area contributed by atoms with Crippen LogP contribution in [-0.2, 0) is 13.1 Å². The van der Waals surface area contributed by atoms with Gasteiger partial charge in [0.15, 0.2) is 0 Å². The van der Waals surface area contributed by atoms with Crippen molar-refractivity contribution >= 4 is 38.9 Å². The van der Waals surface area contributed by atoms with Gasteiger partial charge in [0.2, 0.25) is 0 Å². The summed E-state index contributed by atoms with van der Waals surface area (Å²) >= 11 is 9.64. The molecule has 1 heterocycles. The van der Waals surface area contributed by atoms with Gasteiger partial charge in [0.25, 0.3) is 0 Å². The molecule has 1 aliphatic rings. The Hall–Kier alpha value is -1.19. The zero-order chi connectivity index (χ0) is 12.7. The van der Waals surface area contributed by atoms with Crippen molar-refractivity contribution in [2.75, 3.05) is 10.6 Å². The quantitative estimate of drug-likeness (QED) is 0.797. The van der Waals surface area contributed by atoms with Gasteiger partial charge in [0, 0.05) is 28.3 Å². The van der Waals surface area contributed by atoms with Crippen LogP contribution in [0.2, 0.25) is 5.02 Å². The van der Waals surface area contributed by atoms with Gasteiger partial charge < -0.3 is 10.6 Å². The van der Waals surface area contributed by atoms with Crippen LogP contribution in [0.5, 0.6) is 0 Å². The summed E-state index contributed by atoms with van der Waals surface area (Å²) in [5.74, 6) is 0. The van der Waals surface area contributed by atoms with Crippen molar-refractivity contribution in [3.8, 4) is 0 Å². The van der Waals surface area contributed by atoms with E-state index in [1.54, 1.807) is 0 Å². The van der Waals surface area contributed by atoms with E-state index >= 15 is 0 Å². The smallest absolute Gasteiger partial charge is 0.0531 e. The summed E-state index contributed by atoms with van der Waals surface area (Å²) < 4.78 is 1.06. The van der Waals surface area contributed by atoms with Crippen molar-refractivity contribution in [1.29, 1.82) is 0 Å². The second-order valence-electron chi connectivity index (χ2n) is 4.48. The molecule has 0 saturated heterocycles. The van der Waals surface area contributed by atoms with Gasteiger partial charge in [-0.15, -0.1) is 0 Å². The van der Waals surface area contributed by atoms with E-state index in [1.165, 1.54) is 11.1 Å². The first-order chi connectivity index (χ1) is 8.63. The van der Waals surface area contributed by atoms with Crippen molar-refractivity contribution in [2.45, 2.75) is 13.1 Å². The highest BCUT2D eigenvalue weighted by Crippen LogP contribution is 2.35. The Labute approximate surface area is 119 Å². The Kier molecular flexibility index (Phi) is 2.96. The van der Waals surface area contributed by atoms with E-state index in [0.29, 0.717) is 0 Å². The maximum Gasteiger partial charge on any atom is 0.0531 e. The molecule has 0 bridgehead atoms. The summed E-state index contributed by atoms with van der Waals surface area (Å²) in [5.41, 5.74) is 10.4. The molecule has 0 amide bonds. The van der Waals surface area contributed by atoms with Gasteiger partial charge in [0.05, 0.1) is 5.69 Å². The van der Waals surface area contributed by atoms with Crippen molar-refractivity contribution in [3.05, 3.63) is 57.0 Å². The van der Waals surface area contributed by atoms with Crippen LogP contribution >= 0.6 is 27.5 Å². The minimum absolute atomic E-state index is 0.753. The predicted octanol–water partition coefficient (Wildman–Crippen LogP) is 4.20. The molecule has 0 aromatic heterocycles. The van der Waals surface area contributed by atoms with Crippen LogP contribution in [0, 0.1) is 0 Å². The van der Waals surface area contributed by atoms with E-state index in [1.807, 2.05) is 30.3 Å². The van der Waals surface area contributed by atoms with Crippen LogP contribution in [0.15, 0.2) is 40.9 Å². The van der Waals surface area contributed by atoms with Gasteiger partial charge >= 0.3 is 0 Å². The molecular formula is C14H12BrClN2. The summed E-state index contributed by atoms with van der Waals surface area (Å²) in [5, 5.41) is 0.753. The van der Waals surface area contributed by atoms with E-state index < -0.39 is 0 Å². The lowest BCUT2D eigenvalue weighted by Crippen LogP contribution is -2.14. The van der Waals surface area contributed by atoms with E-state index in [4.69, 9.17) is 17.3 Å². The monoisotopic (exact) mass is 322 g/mol. The fraction of sp³-hybridized carbons (Fsp3) is 0.143. The number of benzene rings is 2. The van der Waals surface area contributed by atoms with Gasteiger partial charge in [-0.1, -0.05) is 17.7 Å². The molecular weight excluding hydrogens is 312 g/mol. The number of rotatable bonds is 1. The first kappa shape index (κ1) is 11.9. The molecule has 3 rings (SSSR count). The topological polar surface area (TPSA) is 29.3 Å². The molecule has 0 radical (unpaired) electrons. The highest BCUT2D eigenvalue weighted by atomic mass is 79.9. The molecule has 0 unspecified atom stereocenters. The van der Waals surface area contributed by atoms with Crippen LogP contribution in [0.4, 0.5) is 11.4 Å². The molecule has 2 aromatic carbocycles. The van der Waals surface area contributed by atoms with Gasteiger partial charge in [0.1, 0.15) is 0 Å². The molecule has 1 aliphatic heterocycles. The zero-order valence-electron chi connectivity index (χ0n) is 9.66. The molecule has 0 aliphatic carbocycles. The third-order valence-corrected chi connectivity index (χ3v) is 4.11. The average molecular weight is 324 g/mol. The number of nitrogens with two attached hydrogens (primary N) is 1. The van der Waals surface area contributed by atoms with Crippen LogP contribution in [0.25, 0.3) is 0 Å². The van der Waals surface area contributed by atoms with Gasteiger partial charge in [-0.05, 0) is 57.4 Å². The summed E-state index contributed by atoms with van der Waals surface area (Å²) in [4.78, 5) is 2.29. The van der Waals surface area contributed by atoms with Crippen molar-refractivity contribution in [3.63, 3.8) is 0 Å². The Morgan fingerprint density at radius 1 is 1.06 bits per heavy atom. The summed E-state index contributed by atoms with van der Waals surface area (Å²) in [6, 6.07) is 12.0. The number of hydrogen-bond acceptors (Lipinski definition) is 2. The fourth-order valence-corrected chi connectivity index (χ4v) is 2.98. The number of hydrogen-bond donors (Lipinski definition) is 1. The van der Waals surface area contributed by atoms with Crippen molar-refractivity contribution < 1.29 is 0 Å². The molecule has 0 saturated carbocycles. The maximum atomic E-state index is 6.06. The summed E-state index contributed by atoms with van der Waals surface area (Å²) in [7, 11) is 0. The highest BCUT2D eigenvalue weighted by molar-refractivity contribution is 9.10. The maximum absolute atomic E-state index is 6.06. The molecule has 18 heavy (non-hydrogen) atoms. The SMILES string of the molecule is Nc1ccc2c(c1)CN(c1cc(Cl)ccc1Br)C2. The number of anilines is 2. The van der Waals surface area contributed by atoms with Crippen LogP contribution < -0.4 is 10.6 Å². The molecule has 0 spiro atoms. The average Bonchev–Trinajstić information content (AvgIpc) is 2.74. The standard InChI is InChI=1S/C14H12BrClN2/c15-13-4-2-11(16)6-14(13)18-7-9-1-3-12(17)5-10(9)8-18/h1-6H,7-8,17H2. The van der Waals surface area contributed by atoms with Crippen LogP contribution in [0.1, 0.15) is 11.1 Å². The molecule has 0 fully saturated rings. The van der Waals surface area contributed by atoms with E-state index in [-0.39, 0.29) is 0 Å². The van der Waals surface area contributed by atoms with Gasteiger partial charge in [-0.2, -0.15) is 0 Å². The normalized spacial score (nSPS) is 13.8. The lowest BCUT2D eigenvalue weighted by molar-refractivity contribution is 0.877. The molecule has 0 atom stereocenters. The number of fused-ring (bicyclic) bond motifs is 1. The minimum Gasteiger partial charge on any atom is -0.399 e. The molecule has 92 valence electrons. The second-order valence-corrected chi connectivity index (χ2v) is 5.77. The number of nitrogens with zero attached hydrogens (tertiary/aromatic N) is 1. The largest absolute Gasteiger partial charge is 0.399 e. The summed E-state index contributed by atoms with van der Waals surface area (Å²) in [6.07, 6.45) is 0. The zero-order valence-corrected chi connectivity index (χ0v) is 12.0. The predicted molar refractivity (Wildman–Crippen MR) is 79.9 cm³/mol.